The molecule has 0 bridgehead atoms. The predicted molar refractivity (Wildman–Crippen MR) is 96.4 cm³/mol. The summed E-state index contributed by atoms with van der Waals surface area (Å²) < 4.78 is 27.1. The van der Waals surface area contributed by atoms with E-state index in [1.165, 1.54) is 13.8 Å². The molecule has 1 aromatic carbocycles. The third kappa shape index (κ3) is 6.37. The summed E-state index contributed by atoms with van der Waals surface area (Å²) in [6.45, 7) is 3.22. The lowest BCUT2D eigenvalue weighted by Crippen LogP contribution is -2.61. The first-order valence-electron chi connectivity index (χ1n) is 8.71. The maximum Gasteiger partial charge on any atom is 0.303 e. The molecular formula is C18H21N3O8. The molecule has 1 aliphatic heterocycles. The zero-order valence-corrected chi connectivity index (χ0v) is 16.1. The molecule has 2 rings (SSSR count). The van der Waals surface area contributed by atoms with Gasteiger partial charge in [-0.1, -0.05) is 23.3 Å². The fraction of sp³-hybridized carbons (Fsp3) is 0.500. The van der Waals surface area contributed by atoms with Crippen LogP contribution in [0.25, 0.3) is 10.4 Å². The normalized spacial score (nSPS) is 25.8. The van der Waals surface area contributed by atoms with Crippen molar-refractivity contribution >= 4 is 17.9 Å². The monoisotopic (exact) mass is 407 g/mol. The number of para-hydroxylation sites is 1. The van der Waals surface area contributed by atoms with E-state index in [0.717, 1.165) is 6.92 Å². The van der Waals surface area contributed by atoms with Gasteiger partial charge in [0.15, 0.2) is 6.10 Å². The van der Waals surface area contributed by atoms with Crippen molar-refractivity contribution in [2.24, 2.45) is 5.11 Å². The van der Waals surface area contributed by atoms with E-state index in [2.05, 4.69) is 10.0 Å². The minimum Gasteiger partial charge on any atom is -0.463 e. The van der Waals surface area contributed by atoms with Gasteiger partial charge in [-0.3, -0.25) is 14.4 Å². The van der Waals surface area contributed by atoms with Crippen molar-refractivity contribution in [3.63, 3.8) is 0 Å². The SMILES string of the molecule is CC(=O)OC[C@H]1O[C@H](Oc2ccccc2)[C@H](OC(C)=O)[C@@H](N=[N+]=[N-])[C@H]1OC(C)=O. The predicted octanol–water partition coefficient (Wildman–Crippen LogP) is 1.90. The van der Waals surface area contributed by atoms with Gasteiger partial charge in [-0.15, -0.1) is 0 Å². The van der Waals surface area contributed by atoms with Crippen LogP contribution in [0.15, 0.2) is 35.4 Å². The van der Waals surface area contributed by atoms with Crippen LogP contribution in [0, 0.1) is 0 Å². The molecule has 1 saturated heterocycles. The largest absolute Gasteiger partial charge is 0.463 e. The van der Waals surface area contributed by atoms with Crippen molar-refractivity contribution < 1.29 is 38.1 Å². The molecule has 11 heteroatoms. The summed E-state index contributed by atoms with van der Waals surface area (Å²) in [5.74, 6) is -1.56. The van der Waals surface area contributed by atoms with Crippen molar-refractivity contribution in [1.29, 1.82) is 0 Å². The van der Waals surface area contributed by atoms with Crippen molar-refractivity contribution in [1.82, 2.24) is 0 Å². The molecule has 1 aliphatic rings. The van der Waals surface area contributed by atoms with E-state index in [1.54, 1.807) is 30.3 Å². The molecule has 0 spiro atoms. The van der Waals surface area contributed by atoms with Crippen LogP contribution in [0.3, 0.4) is 0 Å². The van der Waals surface area contributed by atoms with E-state index in [9.17, 15) is 14.4 Å². The minimum atomic E-state index is -1.22. The van der Waals surface area contributed by atoms with Gasteiger partial charge in [0.25, 0.3) is 0 Å². The quantitative estimate of drug-likeness (QED) is 0.219. The van der Waals surface area contributed by atoms with Gasteiger partial charge in [0, 0.05) is 25.7 Å². The van der Waals surface area contributed by atoms with Crippen molar-refractivity contribution in [2.45, 2.75) is 51.4 Å². The molecule has 1 aromatic rings. The average Bonchev–Trinajstić information content (AvgIpc) is 2.65. The highest BCUT2D eigenvalue weighted by Crippen LogP contribution is 2.30. The lowest BCUT2D eigenvalue weighted by molar-refractivity contribution is -0.259. The molecule has 0 N–H and O–H groups in total. The Morgan fingerprint density at radius 3 is 2.21 bits per heavy atom. The van der Waals surface area contributed by atoms with E-state index in [4.69, 9.17) is 29.2 Å². The molecular weight excluding hydrogens is 386 g/mol. The van der Waals surface area contributed by atoms with E-state index in [1.807, 2.05) is 0 Å². The second-order valence-corrected chi connectivity index (χ2v) is 6.12. The standard InChI is InChI=1S/C18H21N3O8/c1-10(22)25-9-14-16(26-11(2)23)15(20-21-19)17(27-12(3)24)18(29-14)28-13-7-5-4-6-8-13/h4-8,14-18H,9H2,1-3H3/t14-,15+,16+,17-,18+/m1/s1. The summed E-state index contributed by atoms with van der Waals surface area (Å²) in [6.07, 6.45) is -4.65. The minimum absolute atomic E-state index is 0.299. The first-order valence-corrected chi connectivity index (χ1v) is 8.71. The summed E-state index contributed by atoms with van der Waals surface area (Å²) in [7, 11) is 0. The van der Waals surface area contributed by atoms with Gasteiger partial charge in [-0.2, -0.15) is 0 Å². The summed E-state index contributed by atoms with van der Waals surface area (Å²) in [4.78, 5) is 37.2. The number of ether oxygens (including phenoxy) is 5. The maximum atomic E-state index is 11.6. The van der Waals surface area contributed by atoms with Gasteiger partial charge in [0.2, 0.25) is 6.29 Å². The number of carbonyl (C=O) groups is 3. The Kier molecular flexibility index (Phi) is 7.81. The van der Waals surface area contributed by atoms with Crippen LogP contribution in [-0.4, -0.2) is 55.2 Å². The second-order valence-electron chi connectivity index (χ2n) is 6.12. The molecule has 5 atom stereocenters. The number of esters is 3. The fourth-order valence-corrected chi connectivity index (χ4v) is 2.80. The average molecular weight is 407 g/mol. The maximum absolute atomic E-state index is 11.6. The Bertz CT molecular complexity index is 781. The summed E-state index contributed by atoms with van der Waals surface area (Å²) >= 11 is 0. The van der Waals surface area contributed by atoms with Gasteiger partial charge >= 0.3 is 17.9 Å². The van der Waals surface area contributed by atoms with Gasteiger partial charge < -0.3 is 23.7 Å². The zero-order chi connectivity index (χ0) is 21.4. The third-order valence-corrected chi connectivity index (χ3v) is 3.85. The van der Waals surface area contributed by atoms with Crippen LogP contribution in [-0.2, 0) is 33.3 Å². The lowest BCUT2D eigenvalue weighted by Gasteiger charge is -2.43. The number of azide groups is 1. The number of carbonyl (C=O) groups excluding carboxylic acids is 3. The van der Waals surface area contributed by atoms with E-state index in [-0.39, 0.29) is 6.61 Å². The third-order valence-electron chi connectivity index (χ3n) is 3.85. The molecule has 0 radical (unpaired) electrons. The highest BCUT2D eigenvalue weighted by atomic mass is 16.7. The Morgan fingerprint density at radius 2 is 1.66 bits per heavy atom. The van der Waals surface area contributed by atoms with Crippen LogP contribution in [0.5, 0.6) is 5.75 Å². The smallest absolute Gasteiger partial charge is 0.303 e. The Labute approximate surface area is 166 Å². The first kappa shape index (κ1) is 22.0. The zero-order valence-electron chi connectivity index (χ0n) is 16.1. The van der Waals surface area contributed by atoms with E-state index < -0.39 is 48.6 Å². The van der Waals surface area contributed by atoms with Gasteiger partial charge in [0.1, 0.15) is 30.6 Å². The molecule has 0 saturated carbocycles. The fourth-order valence-electron chi connectivity index (χ4n) is 2.80. The van der Waals surface area contributed by atoms with Crippen molar-refractivity contribution in [3.05, 3.63) is 40.8 Å². The molecule has 11 nitrogen and oxygen atoms in total. The number of hydrogen-bond donors (Lipinski definition) is 0. The van der Waals surface area contributed by atoms with Crippen LogP contribution in [0.1, 0.15) is 20.8 Å². The van der Waals surface area contributed by atoms with E-state index in [0.29, 0.717) is 5.75 Å². The molecule has 29 heavy (non-hydrogen) atoms. The number of nitrogens with zero attached hydrogens (tertiary/aromatic N) is 3. The van der Waals surface area contributed by atoms with Crippen LogP contribution >= 0.6 is 0 Å². The van der Waals surface area contributed by atoms with Crippen LogP contribution in [0.2, 0.25) is 0 Å². The van der Waals surface area contributed by atoms with Gasteiger partial charge in [0.05, 0.1) is 0 Å². The molecule has 1 fully saturated rings. The number of rotatable bonds is 7. The summed E-state index contributed by atoms with van der Waals surface area (Å²) in [5.41, 5.74) is 9.01. The summed E-state index contributed by atoms with van der Waals surface area (Å²) in [5, 5.41) is 3.65. The second kappa shape index (κ2) is 10.3. The van der Waals surface area contributed by atoms with Crippen molar-refractivity contribution in [2.75, 3.05) is 6.61 Å². The van der Waals surface area contributed by atoms with E-state index >= 15 is 0 Å². The van der Waals surface area contributed by atoms with Crippen molar-refractivity contribution in [3.8, 4) is 5.75 Å². The topological polar surface area (TPSA) is 146 Å². The Balaban J connectivity index is 2.41. The lowest BCUT2D eigenvalue weighted by atomic mass is 9.96. The molecule has 0 unspecified atom stereocenters. The Hall–Kier alpha value is -3.30. The summed E-state index contributed by atoms with van der Waals surface area (Å²) in [6, 6.07) is 7.34. The van der Waals surface area contributed by atoms with Gasteiger partial charge in [-0.05, 0) is 17.7 Å². The highest BCUT2D eigenvalue weighted by Gasteiger charge is 2.51. The number of hydrogen-bond acceptors (Lipinski definition) is 9. The Morgan fingerprint density at radius 1 is 1.03 bits per heavy atom. The molecule has 1 heterocycles. The van der Waals surface area contributed by atoms with Crippen LogP contribution < -0.4 is 4.74 Å². The number of benzene rings is 1. The molecule has 0 aromatic heterocycles. The highest BCUT2D eigenvalue weighted by molar-refractivity contribution is 5.67. The van der Waals surface area contributed by atoms with Gasteiger partial charge in [-0.25, -0.2) is 0 Å². The first-order chi connectivity index (χ1) is 13.8. The molecule has 0 amide bonds. The molecule has 0 aliphatic carbocycles. The molecule has 156 valence electrons. The van der Waals surface area contributed by atoms with Crippen LogP contribution in [0.4, 0.5) is 0 Å².